The molecule has 8 heteroatoms. The van der Waals surface area contributed by atoms with Crippen molar-refractivity contribution in [3.05, 3.63) is 96.6 Å². The first-order valence-electron chi connectivity index (χ1n) is 13.7. The van der Waals surface area contributed by atoms with Crippen LogP contribution in [0.1, 0.15) is 42.4 Å². The summed E-state index contributed by atoms with van der Waals surface area (Å²) in [5.41, 5.74) is 3.35. The van der Waals surface area contributed by atoms with Crippen molar-refractivity contribution in [2.24, 2.45) is 5.92 Å². The van der Waals surface area contributed by atoms with E-state index >= 15 is 0 Å². The highest BCUT2D eigenvalue weighted by Gasteiger charge is 2.32. The Balaban J connectivity index is 1.64. The molecule has 7 nitrogen and oxygen atoms in total. The van der Waals surface area contributed by atoms with Crippen LogP contribution in [-0.4, -0.2) is 58.8 Å². The van der Waals surface area contributed by atoms with E-state index in [0.717, 1.165) is 22.4 Å². The Labute approximate surface area is 241 Å². The molecule has 0 spiro atoms. The van der Waals surface area contributed by atoms with Gasteiger partial charge >= 0.3 is 5.97 Å². The number of hydrogen-bond acceptors (Lipinski definition) is 6. The van der Waals surface area contributed by atoms with Crippen LogP contribution >= 0.6 is 11.8 Å². The maximum absolute atomic E-state index is 13.4. The quantitative estimate of drug-likeness (QED) is 0.231. The number of amides is 2. The second kappa shape index (κ2) is 16.7. The molecule has 1 heterocycles. The van der Waals surface area contributed by atoms with Crippen LogP contribution in [-0.2, 0) is 37.8 Å². The second-order valence-electron chi connectivity index (χ2n) is 9.97. The fourth-order valence-electron chi connectivity index (χ4n) is 4.68. The lowest BCUT2D eigenvalue weighted by Crippen LogP contribution is -2.48. The lowest BCUT2D eigenvalue weighted by atomic mass is 9.92. The Bertz CT molecular complexity index is 1140. The van der Waals surface area contributed by atoms with Crippen molar-refractivity contribution < 1.29 is 24.2 Å². The van der Waals surface area contributed by atoms with Gasteiger partial charge in [0.15, 0.2) is 0 Å². The number of allylic oxidation sites excluding steroid dienone is 2. The number of esters is 1. The Morgan fingerprint density at radius 3 is 2.50 bits per heavy atom. The number of hydrogen-bond donors (Lipinski definition) is 2. The van der Waals surface area contributed by atoms with Crippen molar-refractivity contribution in [3.8, 4) is 0 Å². The average molecular weight is 565 g/mol. The van der Waals surface area contributed by atoms with Crippen LogP contribution in [0.3, 0.4) is 0 Å². The lowest BCUT2D eigenvalue weighted by molar-refractivity contribution is -0.145. The van der Waals surface area contributed by atoms with Crippen molar-refractivity contribution in [1.82, 2.24) is 10.2 Å². The highest BCUT2D eigenvalue weighted by molar-refractivity contribution is 7.98. The van der Waals surface area contributed by atoms with Gasteiger partial charge < -0.3 is 20.1 Å². The van der Waals surface area contributed by atoms with E-state index in [1.807, 2.05) is 54.6 Å². The van der Waals surface area contributed by atoms with Gasteiger partial charge in [0.1, 0.15) is 6.61 Å². The summed E-state index contributed by atoms with van der Waals surface area (Å²) >= 11 is 1.64. The molecule has 1 aliphatic rings. The van der Waals surface area contributed by atoms with Crippen molar-refractivity contribution >= 4 is 29.5 Å². The smallest absolute Gasteiger partial charge is 0.306 e. The highest BCUT2D eigenvalue weighted by atomic mass is 32.2. The van der Waals surface area contributed by atoms with Crippen molar-refractivity contribution in [1.29, 1.82) is 0 Å². The summed E-state index contributed by atoms with van der Waals surface area (Å²) in [7, 11) is 0. The van der Waals surface area contributed by atoms with Crippen molar-refractivity contribution in [2.45, 2.75) is 56.5 Å². The molecule has 0 saturated heterocycles. The molecule has 40 heavy (non-hydrogen) atoms. The molecule has 2 N–H and O–H groups in total. The van der Waals surface area contributed by atoms with Crippen LogP contribution in [0.5, 0.6) is 0 Å². The van der Waals surface area contributed by atoms with Gasteiger partial charge in [-0.05, 0) is 36.0 Å². The Morgan fingerprint density at radius 1 is 1.07 bits per heavy atom. The number of benzene rings is 2. The van der Waals surface area contributed by atoms with Crippen LogP contribution in [0, 0.1) is 5.92 Å². The minimum Gasteiger partial charge on any atom is -0.463 e. The lowest BCUT2D eigenvalue weighted by Gasteiger charge is -2.36. The SMILES string of the molecule is C=CCCC(=O)OC[C@H](CSCc1ccccc1)NC(=O)[C@@H](CC=C)CC(=O)N1Cc2ccccc2C[C@H]1CO. The van der Waals surface area contributed by atoms with Gasteiger partial charge in [-0.1, -0.05) is 66.7 Å². The van der Waals surface area contributed by atoms with Gasteiger partial charge in [-0.3, -0.25) is 14.4 Å². The minimum atomic E-state index is -0.625. The normalized spacial score (nSPS) is 15.8. The molecular formula is C32H40N2O5S. The Morgan fingerprint density at radius 2 is 1.80 bits per heavy atom. The summed E-state index contributed by atoms with van der Waals surface area (Å²) in [5.74, 6) is -0.129. The van der Waals surface area contributed by atoms with Gasteiger partial charge in [0.05, 0.1) is 24.6 Å². The summed E-state index contributed by atoms with van der Waals surface area (Å²) in [4.78, 5) is 40.6. The van der Waals surface area contributed by atoms with Gasteiger partial charge in [-0.2, -0.15) is 11.8 Å². The van der Waals surface area contributed by atoms with Crippen molar-refractivity contribution in [3.63, 3.8) is 0 Å². The number of nitrogens with one attached hydrogen (secondary N) is 1. The van der Waals surface area contributed by atoms with E-state index in [0.29, 0.717) is 31.6 Å². The highest BCUT2D eigenvalue weighted by Crippen LogP contribution is 2.25. The maximum atomic E-state index is 13.4. The zero-order chi connectivity index (χ0) is 28.7. The van der Waals surface area contributed by atoms with Gasteiger partial charge in [0.2, 0.25) is 11.8 Å². The van der Waals surface area contributed by atoms with Crippen molar-refractivity contribution in [2.75, 3.05) is 19.0 Å². The van der Waals surface area contributed by atoms with E-state index in [1.165, 1.54) is 0 Å². The second-order valence-corrected chi connectivity index (χ2v) is 11.0. The molecule has 2 aromatic carbocycles. The number of fused-ring (bicyclic) bond motifs is 1. The first-order chi connectivity index (χ1) is 19.4. The molecule has 214 valence electrons. The maximum Gasteiger partial charge on any atom is 0.306 e. The van der Waals surface area contributed by atoms with E-state index in [9.17, 15) is 19.5 Å². The first kappa shape index (κ1) is 31.2. The van der Waals surface area contributed by atoms with E-state index in [2.05, 4.69) is 18.5 Å². The number of carbonyl (C=O) groups excluding carboxylic acids is 3. The molecule has 2 amide bonds. The molecule has 3 atom stereocenters. The van der Waals surface area contributed by atoms with E-state index < -0.39 is 12.0 Å². The molecule has 3 rings (SSSR count). The Kier molecular flexibility index (Phi) is 13.0. The summed E-state index contributed by atoms with van der Waals surface area (Å²) in [5, 5.41) is 13.0. The van der Waals surface area contributed by atoms with Crippen LogP contribution in [0.2, 0.25) is 0 Å². The molecule has 0 unspecified atom stereocenters. The molecule has 2 aromatic rings. The predicted octanol–water partition coefficient (Wildman–Crippen LogP) is 4.44. The van der Waals surface area contributed by atoms with Gasteiger partial charge in [-0.15, -0.1) is 13.2 Å². The Hall–Kier alpha value is -3.36. The van der Waals surface area contributed by atoms with Crippen LogP contribution in [0.4, 0.5) is 0 Å². The van der Waals surface area contributed by atoms with Gasteiger partial charge in [0.25, 0.3) is 0 Å². The number of aliphatic hydroxyl groups excluding tert-OH is 1. The third kappa shape index (κ3) is 9.68. The number of nitrogens with zero attached hydrogens (tertiary/aromatic N) is 1. The molecule has 0 saturated carbocycles. The summed E-state index contributed by atoms with van der Waals surface area (Å²) in [6.07, 6.45) is 4.97. The number of rotatable bonds is 16. The van der Waals surface area contributed by atoms with E-state index in [-0.39, 0.29) is 49.9 Å². The molecule has 0 aliphatic carbocycles. The van der Waals surface area contributed by atoms with Crippen LogP contribution < -0.4 is 5.32 Å². The monoisotopic (exact) mass is 564 g/mol. The standard InChI is InChI=1S/C32H40N2O5S/c1-3-5-16-31(37)39-21-28(23-40-22-24-12-7-6-8-13-24)33-32(38)26(11-4-2)18-30(36)34-19-27-15-10-9-14-25(27)17-29(34)20-35/h3-4,6-10,12-15,26,28-29,35H,1-2,5,11,16-23H2,(H,33,38)/t26-,28+,29-/m0/s1. The third-order valence-corrected chi connectivity index (χ3v) is 8.08. The third-order valence-electron chi connectivity index (χ3n) is 6.90. The topological polar surface area (TPSA) is 95.9 Å². The summed E-state index contributed by atoms with van der Waals surface area (Å²) < 4.78 is 5.45. The first-order valence-corrected chi connectivity index (χ1v) is 14.9. The fraction of sp³-hybridized carbons (Fsp3) is 0.406. The molecule has 0 fully saturated rings. The number of thioether (sulfide) groups is 1. The molecule has 0 bridgehead atoms. The summed E-state index contributed by atoms with van der Waals surface area (Å²) in [6.45, 7) is 7.73. The summed E-state index contributed by atoms with van der Waals surface area (Å²) in [6, 6.07) is 17.2. The molecule has 1 aliphatic heterocycles. The average Bonchev–Trinajstić information content (AvgIpc) is 2.98. The predicted molar refractivity (Wildman–Crippen MR) is 159 cm³/mol. The van der Waals surface area contributed by atoms with Gasteiger partial charge in [-0.25, -0.2) is 0 Å². The number of ether oxygens (including phenoxy) is 1. The van der Waals surface area contributed by atoms with Gasteiger partial charge in [0, 0.05) is 30.9 Å². The largest absolute Gasteiger partial charge is 0.463 e. The molecule has 0 aromatic heterocycles. The number of aliphatic hydroxyl groups is 1. The number of carbonyl (C=O) groups is 3. The zero-order valence-corrected chi connectivity index (χ0v) is 23.8. The van der Waals surface area contributed by atoms with E-state index in [1.54, 1.807) is 28.8 Å². The van der Waals surface area contributed by atoms with Crippen LogP contribution in [0.15, 0.2) is 79.9 Å². The minimum absolute atomic E-state index is 0.000475. The molecular weight excluding hydrogens is 524 g/mol. The van der Waals surface area contributed by atoms with E-state index in [4.69, 9.17) is 4.74 Å². The molecule has 0 radical (unpaired) electrons. The zero-order valence-electron chi connectivity index (χ0n) is 23.0. The fourth-order valence-corrected chi connectivity index (χ4v) is 5.69. The van der Waals surface area contributed by atoms with Crippen LogP contribution in [0.25, 0.3) is 0 Å².